The van der Waals surface area contributed by atoms with Crippen LogP contribution >= 0.6 is 0 Å². The number of imide groups is 2. The van der Waals surface area contributed by atoms with Crippen molar-refractivity contribution in [2.45, 2.75) is 202 Å². The van der Waals surface area contributed by atoms with Gasteiger partial charge in [0.1, 0.15) is 18.4 Å². The van der Waals surface area contributed by atoms with Gasteiger partial charge < -0.3 is 38.4 Å². The molecule has 2 saturated heterocycles. The number of ether oxygens (including phenoxy) is 4. The van der Waals surface area contributed by atoms with Gasteiger partial charge in [0.2, 0.25) is 35.4 Å². The van der Waals surface area contributed by atoms with E-state index in [1.165, 1.54) is 35.6 Å². The van der Waals surface area contributed by atoms with Gasteiger partial charge in [-0.15, -0.1) is 5.10 Å². The summed E-state index contributed by atoms with van der Waals surface area (Å²) in [7, 11) is -3.48. The predicted molar refractivity (Wildman–Crippen MR) is 369 cm³/mol. The van der Waals surface area contributed by atoms with Crippen molar-refractivity contribution in [3.63, 3.8) is 0 Å². The van der Waals surface area contributed by atoms with E-state index >= 15 is 0 Å². The van der Waals surface area contributed by atoms with E-state index in [1.54, 1.807) is 22.7 Å². The van der Waals surface area contributed by atoms with Crippen LogP contribution in [-0.2, 0) is 72.8 Å². The molecule has 24 heteroatoms. The van der Waals surface area contributed by atoms with Gasteiger partial charge in [-0.25, -0.2) is 9.48 Å². The van der Waals surface area contributed by atoms with Crippen LogP contribution < -0.4 is 5.32 Å². The van der Waals surface area contributed by atoms with E-state index in [0.717, 1.165) is 18.0 Å². The first kappa shape index (κ1) is 78.5. The van der Waals surface area contributed by atoms with E-state index in [0.29, 0.717) is 70.2 Å². The van der Waals surface area contributed by atoms with Gasteiger partial charge in [0.15, 0.2) is 16.6 Å². The Morgan fingerprint density at radius 2 is 1.26 bits per heavy atom. The number of carbonyl (C=O) groups is 9. The molecule has 0 bridgehead atoms. The van der Waals surface area contributed by atoms with Crippen molar-refractivity contribution < 1.29 is 71.3 Å². The van der Waals surface area contributed by atoms with E-state index in [2.05, 4.69) is 48.7 Å². The summed E-state index contributed by atoms with van der Waals surface area (Å²) in [6.07, 6.45) is 20.2. The molecule has 1 aromatic carbocycles. The Kier molecular flexibility index (Phi) is 31.1. The monoisotopic (exact) mass is 1370 g/mol. The summed E-state index contributed by atoms with van der Waals surface area (Å²) in [6, 6.07) is 11.4. The molecule has 2 saturated carbocycles. The molecule has 3 heterocycles. The SMILES string of the molecule is CC=CC1CC(/C=C\C2CC(C=CC)C3C(=O)N(CCCC(=O)OCCOCCC[Si](C)(C)O[Si](C)(C)CCCC)C(=O)C23)C2C(=O)N(CCCCCCN(Cc3cn(C(CC(C)(C)C(=O)OCC)c4ccccc4)nn3)C(=O)CCC(=O)NCCCOC(=O)C(C)O)C(=O)C12. The number of hydrogen-bond donors (Lipinski definition) is 2. The van der Waals surface area contributed by atoms with Crippen LogP contribution in [0.5, 0.6) is 0 Å². The van der Waals surface area contributed by atoms with Crippen LogP contribution in [0.4, 0.5) is 0 Å². The van der Waals surface area contributed by atoms with Gasteiger partial charge in [-0.2, -0.15) is 0 Å². The van der Waals surface area contributed by atoms with E-state index in [9.17, 15) is 48.3 Å². The molecule has 4 fully saturated rings. The average Bonchev–Trinajstić information content (AvgIpc) is 1.59. The Morgan fingerprint density at radius 1 is 0.688 bits per heavy atom. The Bertz CT molecular complexity index is 3000. The van der Waals surface area contributed by atoms with Crippen molar-refractivity contribution >= 4 is 70.0 Å². The minimum atomic E-state index is -1.81. The fourth-order valence-corrected chi connectivity index (χ4v) is 23.3. The van der Waals surface area contributed by atoms with Crippen molar-refractivity contribution in [1.82, 2.24) is 35.0 Å². The fourth-order valence-electron chi connectivity index (χ4n) is 14.3. The van der Waals surface area contributed by atoms with Gasteiger partial charge in [-0.1, -0.05) is 105 Å². The number of allylic oxidation sites excluding steroid dienone is 6. The van der Waals surface area contributed by atoms with Crippen LogP contribution in [-0.4, -0.2) is 170 Å². The third kappa shape index (κ3) is 22.8. The molecule has 10 unspecified atom stereocenters. The first-order valence-corrected chi connectivity index (χ1v) is 41.6. The second-order valence-electron chi connectivity index (χ2n) is 28.3. The molecular weight excluding hydrogens is 1260 g/mol. The molecule has 0 radical (unpaired) electrons. The van der Waals surface area contributed by atoms with Gasteiger partial charge in [0.05, 0.1) is 67.7 Å². The number of fused-ring (bicyclic) bond motifs is 2. The van der Waals surface area contributed by atoms with Gasteiger partial charge in [0.25, 0.3) is 0 Å². The van der Waals surface area contributed by atoms with Crippen LogP contribution in [0, 0.1) is 52.8 Å². The summed E-state index contributed by atoms with van der Waals surface area (Å²) in [5.74, 6) is -6.04. The third-order valence-electron chi connectivity index (χ3n) is 19.1. The Morgan fingerprint density at radius 3 is 1.83 bits per heavy atom. The number of unbranched alkanes of at least 4 members (excludes halogenated alkanes) is 4. The summed E-state index contributed by atoms with van der Waals surface area (Å²) in [5.41, 5.74) is 0.544. The fraction of sp³-hybridized carbons (Fsp3) is 0.681. The van der Waals surface area contributed by atoms with Gasteiger partial charge in [-0.05, 0) is 160 Å². The molecule has 2 aliphatic heterocycles. The van der Waals surface area contributed by atoms with Crippen LogP contribution in [0.3, 0.4) is 0 Å². The number of rotatable bonds is 43. The lowest BCUT2D eigenvalue weighted by Gasteiger charge is -2.34. The largest absolute Gasteiger partial charge is 0.466 e. The molecular formula is C72H111N7O15Si2. The number of aromatic nitrogens is 3. The Balaban J connectivity index is 1.01. The summed E-state index contributed by atoms with van der Waals surface area (Å²) >= 11 is 0. The van der Waals surface area contributed by atoms with Crippen LogP contribution in [0.25, 0.3) is 0 Å². The molecule has 532 valence electrons. The van der Waals surface area contributed by atoms with Crippen LogP contribution in [0.1, 0.15) is 162 Å². The highest BCUT2D eigenvalue weighted by Crippen LogP contribution is 2.52. The van der Waals surface area contributed by atoms with Gasteiger partial charge >= 0.3 is 17.9 Å². The molecule has 2 N–H and O–H groups in total. The van der Waals surface area contributed by atoms with Crippen molar-refractivity contribution in [2.75, 3.05) is 59.2 Å². The highest BCUT2D eigenvalue weighted by atomic mass is 28.4. The summed E-state index contributed by atoms with van der Waals surface area (Å²) in [4.78, 5) is 126. The lowest BCUT2D eigenvalue weighted by atomic mass is 9.83. The number of nitrogens with zero attached hydrogens (tertiary/aromatic N) is 6. The average molecular weight is 1370 g/mol. The lowest BCUT2D eigenvalue weighted by Crippen LogP contribution is -2.44. The quantitative estimate of drug-likeness (QED) is 0.0156. The molecule has 2 aromatic rings. The van der Waals surface area contributed by atoms with Crippen molar-refractivity contribution in [3.05, 3.63) is 84.2 Å². The number of hydrogen-bond acceptors (Lipinski definition) is 17. The molecule has 2 aliphatic carbocycles. The minimum Gasteiger partial charge on any atom is -0.466 e. The highest BCUT2D eigenvalue weighted by Gasteiger charge is 2.59. The summed E-state index contributed by atoms with van der Waals surface area (Å²) in [6.45, 7) is 24.2. The molecule has 4 aliphatic rings. The molecule has 1 aromatic heterocycles. The zero-order valence-electron chi connectivity index (χ0n) is 59.1. The number of aliphatic hydroxyl groups excluding tert-OH is 1. The first-order chi connectivity index (χ1) is 45.8. The number of esters is 3. The summed E-state index contributed by atoms with van der Waals surface area (Å²) in [5, 5.41) is 21.1. The number of aliphatic hydroxyl groups is 1. The third-order valence-corrected chi connectivity index (χ3v) is 26.6. The molecule has 6 rings (SSSR count). The number of amides is 6. The number of nitrogens with one attached hydrogen (secondary N) is 1. The van der Waals surface area contributed by atoms with Gasteiger partial charge in [-0.3, -0.25) is 48.2 Å². The number of likely N-dealkylation sites (tertiary alicyclic amines) is 2. The van der Waals surface area contributed by atoms with Crippen molar-refractivity contribution in [3.8, 4) is 0 Å². The van der Waals surface area contributed by atoms with Gasteiger partial charge in [0, 0.05) is 52.0 Å². The van der Waals surface area contributed by atoms with Crippen molar-refractivity contribution in [1.29, 1.82) is 0 Å². The highest BCUT2D eigenvalue weighted by molar-refractivity contribution is 6.84. The first-order valence-electron chi connectivity index (χ1n) is 35.4. The summed E-state index contributed by atoms with van der Waals surface area (Å²) < 4.78 is 30.0. The zero-order chi connectivity index (χ0) is 70.2. The lowest BCUT2D eigenvalue weighted by molar-refractivity contribution is -0.154. The maximum atomic E-state index is 14.5. The number of carbonyl (C=O) groups excluding carboxylic acids is 9. The van der Waals surface area contributed by atoms with E-state index < -0.39 is 69.8 Å². The van der Waals surface area contributed by atoms with Crippen molar-refractivity contribution in [2.24, 2.45) is 52.8 Å². The minimum absolute atomic E-state index is 0.0138. The predicted octanol–water partition coefficient (Wildman–Crippen LogP) is 10.1. The zero-order valence-corrected chi connectivity index (χ0v) is 61.1. The van der Waals surface area contributed by atoms with E-state index in [-0.39, 0.29) is 143 Å². The molecule has 6 amide bonds. The Hall–Kier alpha value is -6.48. The molecule has 96 heavy (non-hydrogen) atoms. The maximum absolute atomic E-state index is 14.5. The molecule has 22 nitrogen and oxygen atoms in total. The standard InChI is InChI=1S/C72H111N7O15Si2/c1-12-16-44-95(8,9)94-96(10,11)45-26-40-90-42-43-92-61(83)31-24-39-78-67(85)63-54(28-14-3)47-56(65(63)69(78)87)33-32-55-46-53(27-13-2)62-64(55)68(86)77(66(62)84)38-23-18-17-22-37-76(60(82)35-34-59(81)73-36-25-41-93-70(88)51(5)80)49-57-50-79(75-74-57)58(52-29-20-19-21-30-52)48-72(6,7)71(89)91-15-4/h13-14,19-21,27-30,32-33,50-51,53-56,58,62-65,80H,12,15-18,22-26,31,34-49H2,1-11H3,(H,73,81)/b27-13?,28-14?,33-32-. The topological polar surface area (TPSA) is 272 Å². The van der Waals surface area contributed by atoms with Crippen LogP contribution in [0.2, 0.25) is 38.3 Å². The second kappa shape index (κ2) is 38.0. The maximum Gasteiger partial charge on any atom is 0.334 e. The van der Waals surface area contributed by atoms with Crippen LogP contribution in [0.15, 0.2) is 73.0 Å². The normalized spacial score (nSPS) is 22.0. The van der Waals surface area contributed by atoms with E-state index in [4.69, 9.17) is 23.1 Å². The Labute approximate surface area is 571 Å². The van der Waals surface area contributed by atoms with E-state index in [1.807, 2.05) is 94.5 Å². The second-order valence-corrected chi connectivity index (χ2v) is 37.1. The number of benzene rings is 1. The smallest absolute Gasteiger partial charge is 0.334 e. The molecule has 10 atom stereocenters. The molecule has 0 spiro atoms.